The molecule has 2 heterocycles. The van der Waals surface area contributed by atoms with Crippen molar-refractivity contribution in [3.63, 3.8) is 0 Å². The number of methoxy groups -OCH3 is 2. The van der Waals surface area contributed by atoms with Gasteiger partial charge in [-0.1, -0.05) is 12.1 Å². The number of hydrogen-bond acceptors (Lipinski definition) is 7. The molecular weight excluding hydrogens is 440 g/mol. The molecule has 4 aromatic rings. The molecule has 0 fully saturated rings. The first-order valence-electron chi connectivity index (χ1n) is 9.88. The maximum absolute atomic E-state index is 12.7. The maximum Gasteiger partial charge on any atom is 0.275 e. The Balaban J connectivity index is 1.48. The number of carbonyl (C=O) groups excluding carboxylic acids is 2. The molecule has 2 amide bonds. The van der Waals surface area contributed by atoms with Crippen molar-refractivity contribution in [2.75, 3.05) is 24.9 Å². The van der Waals surface area contributed by atoms with Gasteiger partial charge in [0.2, 0.25) is 0 Å². The molecule has 0 aliphatic heterocycles. The summed E-state index contributed by atoms with van der Waals surface area (Å²) < 4.78 is 10.8. The molecule has 0 bridgehead atoms. The normalized spacial score (nSPS) is 10.4. The van der Waals surface area contributed by atoms with Gasteiger partial charge in [0.1, 0.15) is 22.2 Å². The molecule has 2 N–H and O–H groups in total. The van der Waals surface area contributed by atoms with Gasteiger partial charge >= 0.3 is 0 Å². The highest BCUT2D eigenvalue weighted by atomic mass is 32.1. The molecule has 2 aromatic heterocycles. The Kier molecular flexibility index (Phi) is 6.61. The zero-order chi connectivity index (χ0) is 23.2. The second kappa shape index (κ2) is 9.92. The summed E-state index contributed by atoms with van der Waals surface area (Å²) in [6.07, 6.45) is 3.07. The van der Waals surface area contributed by atoms with Crippen molar-refractivity contribution in [1.82, 2.24) is 9.97 Å². The Morgan fingerprint density at radius 1 is 0.909 bits per heavy atom. The van der Waals surface area contributed by atoms with E-state index in [1.54, 1.807) is 49.0 Å². The molecule has 0 saturated heterocycles. The third kappa shape index (κ3) is 4.99. The van der Waals surface area contributed by atoms with Gasteiger partial charge in [0, 0.05) is 29.5 Å². The quantitative estimate of drug-likeness (QED) is 0.413. The number of para-hydroxylation sites is 1. The van der Waals surface area contributed by atoms with Gasteiger partial charge in [-0.15, -0.1) is 11.3 Å². The van der Waals surface area contributed by atoms with Crippen molar-refractivity contribution in [2.24, 2.45) is 0 Å². The Morgan fingerprint density at radius 3 is 2.48 bits per heavy atom. The van der Waals surface area contributed by atoms with E-state index in [-0.39, 0.29) is 17.5 Å². The lowest BCUT2D eigenvalue weighted by molar-refractivity contribution is 0.101. The summed E-state index contributed by atoms with van der Waals surface area (Å²) in [7, 11) is 3.08. The summed E-state index contributed by atoms with van der Waals surface area (Å²) in [5.41, 5.74) is 2.50. The lowest BCUT2D eigenvalue weighted by atomic mass is 10.2. The van der Waals surface area contributed by atoms with Gasteiger partial charge < -0.3 is 20.1 Å². The van der Waals surface area contributed by atoms with Crippen LogP contribution in [0.2, 0.25) is 0 Å². The number of pyridine rings is 1. The number of hydrogen-bond donors (Lipinski definition) is 2. The fraction of sp³-hybridized carbons (Fsp3) is 0.0833. The zero-order valence-corrected chi connectivity index (χ0v) is 18.7. The van der Waals surface area contributed by atoms with E-state index in [1.807, 2.05) is 24.3 Å². The Labute approximate surface area is 194 Å². The zero-order valence-electron chi connectivity index (χ0n) is 17.9. The Bertz CT molecular complexity index is 1290. The number of rotatable bonds is 7. The average Bonchev–Trinajstić information content (AvgIpc) is 3.36. The first-order chi connectivity index (χ1) is 16.1. The van der Waals surface area contributed by atoms with Crippen LogP contribution in [0.5, 0.6) is 11.5 Å². The minimum Gasteiger partial charge on any atom is -0.496 e. The standard InChI is InChI=1S/C24H20N4O4S/c1-31-20-8-4-3-7-17(20)24-28-19(14-33-24)23(30)26-16-9-10-18(21(12-16)32-2)27-22(29)15-6-5-11-25-13-15/h3-14H,1-2H3,(H,26,30)(H,27,29). The molecule has 0 saturated carbocycles. The number of benzene rings is 2. The van der Waals surface area contributed by atoms with E-state index >= 15 is 0 Å². The van der Waals surface area contributed by atoms with Gasteiger partial charge in [0.05, 0.1) is 31.0 Å². The van der Waals surface area contributed by atoms with Crippen molar-refractivity contribution in [3.05, 3.63) is 83.6 Å². The fourth-order valence-corrected chi connectivity index (χ4v) is 3.91. The molecule has 2 aromatic carbocycles. The van der Waals surface area contributed by atoms with Crippen LogP contribution in [0.1, 0.15) is 20.8 Å². The number of aromatic nitrogens is 2. The SMILES string of the molecule is COc1cc(NC(=O)c2csc(-c3ccccc3OC)n2)ccc1NC(=O)c1cccnc1. The van der Waals surface area contributed by atoms with Gasteiger partial charge in [-0.3, -0.25) is 14.6 Å². The largest absolute Gasteiger partial charge is 0.496 e. The molecular formula is C24H20N4O4S. The van der Waals surface area contributed by atoms with Crippen LogP contribution in [0, 0.1) is 0 Å². The summed E-state index contributed by atoms with van der Waals surface area (Å²) >= 11 is 1.36. The minimum atomic E-state index is -0.360. The third-order valence-electron chi connectivity index (χ3n) is 4.71. The molecule has 0 aliphatic rings. The number of nitrogens with zero attached hydrogens (tertiary/aromatic N) is 2. The fourth-order valence-electron chi connectivity index (χ4n) is 3.08. The molecule has 8 nitrogen and oxygen atoms in total. The van der Waals surface area contributed by atoms with Crippen LogP contribution < -0.4 is 20.1 Å². The van der Waals surface area contributed by atoms with E-state index in [1.165, 1.54) is 24.6 Å². The van der Waals surface area contributed by atoms with Crippen LogP contribution in [-0.2, 0) is 0 Å². The first kappa shape index (κ1) is 22.0. The van der Waals surface area contributed by atoms with Crippen molar-refractivity contribution in [3.8, 4) is 22.1 Å². The van der Waals surface area contributed by atoms with Gasteiger partial charge in [0.15, 0.2) is 0 Å². The molecule has 4 rings (SSSR count). The average molecular weight is 461 g/mol. The first-order valence-corrected chi connectivity index (χ1v) is 10.8. The molecule has 9 heteroatoms. The Hall–Kier alpha value is -4.24. The molecule has 166 valence electrons. The van der Waals surface area contributed by atoms with Crippen LogP contribution in [-0.4, -0.2) is 36.0 Å². The lowest BCUT2D eigenvalue weighted by Gasteiger charge is -2.12. The smallest absolute Gasteiger partial charge is 0.275 e. The molecule has 0 unspecified atom stereocenters. The van der Waals surface area contributed by atoms with E-state index in [0.717, 1.165) is 5.56 Å². The third-order valence-corrected chi connectivity index (χ3v) is 5.58. The topological polar surface area (TPSA) is 102 Å². The number of amides is 2. The van der Waals surface area contributed by atoms with Crippen LogP contribution in [0.4, 0.5) is 11.4 Å². The molecule has 0 radical (unpaired) electrons. The lowest BCUT2D eigenvalue weighted by Crippen LogP contribution is -2.14. The van der Waals surface area contributed by atoms with Crippen LogP contribution in [0.3, 0.4) is 0 Å². The van der Waals surface area contributed by atoms with Crippen molar-refractivity contribution >= 4 is 34.5 Å². The number of nitrogens with one attached hydrogen (secondary N) is 2. The van der Waals surface area contributed by atoms with Gasteiger partial charge in [0.25, 0.3) is 11.8 Å². The minimum absolute atomic E-state index is 0.286. The van der Waals surface area contributed by atoms with E-state index in [4.69, 9.17) is 9.47 Å². The van der Waals surface area contributed by atoms with Crippen molar-refractivity contribution in [2.45, 2.75) is 0 Å². The molecule has 0 aliphatic carbocycles. The van der Waals surface area contributed by atoms with E-state index in [2.05, 4.69) is 20.6 Å². The van der Waals surface area contributed by atoms with Crippen molar-refractivity contribution < 1.29 is 19.1 Å². The monoisotopic (exact) mass is 460 g/mol. The Morgan fingerprint density at radius 2 is 1.73 bits per heavy atom. The molecule has 33 heavy (non-hydrogen) atoms. The van der Waals surface area contributed by atoms with Crippen LogP contribution >= 0.6 is 11.3 Å². The second-order valence-electron chi connectivity index (χ2n) is 6.80. The second-order valence-corrected chi connectivity index (χ2v) is 7.66. The summed E-state index contributed by atoms with van der Waals surface area (Å²) in [5, 5.41) is 7.97. The van der Waals surface area contributed by atoms with Crippen LogP contribution in [0.25, 0.3) is 10.6 Å². The van der Waals surface area contributed by atoms with E-state index < -0.39 is 0 Å². The van der Waals surface area contributed by atoms with Gasteiger partial charge in [-0.2, -0.15) is 0 Å². The number of thiazole rings is 1. The summed E-state index contributed by atoms with van der Waals surface area (Å²) in [4.78, 5) is 33.5. The molecule has 0 atom stereocenters. The van der Waals surface area contributed by atoms with E-state index in [9.17, 15) is 9.59 Å². The van der Waals surface area contributed by atoms with Crippen molar-refractivity contribution in [1.29, 1.82) is 0 Å². The molecule has 0 spiro atoms. The van der Waals surface area contributed by atoms with Gasteiger partial charge in [-0.05, 0) is 36.4 Å². The number of carbonyl (C=O) groups is 2. The summed E-state index contributed by atoms with van der Waals surface area (Å²) in [6, 6.07) is 15.8. The predicted octanol–water partition coefficient (Wildman–Crippen LogP) is 4.73. The number of ether oxygens (including phenoxy) is 2. The maximum atomic E-state index is 12.7. The highest BCUT2D eigenvalue weighted by molar-refractivity contribution is 7.13. The van der Waals surface area contributed by atoms with Gasteiger partial charge in [-0.25, -0.2) is 4.98 Å². The number of anilines is 2. The predicted molar refractivity (Wildman–Crippen MR) is 127 cm³/mol. The van der Waals surface area contributed by atoms with Crippen LogP contribution in [0.15, 0.2) is 72.4 Å². The highest BCUT2D eigenvalue weighted by Crippen LogP contribution is 2.32. The highest BCUT2D eigenvalue weighted by Gasteiger charge is 2.16. The summed E-state index contributed by atoms with van der Waals surface area (Å²) in [5.74, 6) is 0.414. The van der Waals surface area contributed by atoms with E-state index in [0.29, 0.717) is 33.4 Å². The summed E-state index contributed by atoms with van der Waals surface area (Å²) in [6.45, 7) is 0.